The number of amides is 1. The second-order valence-electron chi connectivity index (χ2n) is 5.52. The zero-order valence-corrected chi connectivity index (χ0v) is 17.1. The fourth-order valence-electron chi connectivity index (χ4n) is 2.49. The third kappa shape index (κ3) is 3.88. The Morgan fingerprint density at radius 2 is 2.26 bits per heavy atom. The van der Waals surface area contributed by atoms with Crippen molar-refractivity contribution in [1.29, 1.82) is 0 Å². The first-order valence-electron chi connectivity index (χ1n) is 7.76. The van der Waals surface area contributed by atoms with E-state index in [4.69, 9.17) is 0 Å². The Balaban J connectivity index is 1.51. The molecule has 4 rings (SSSR count). The van der Waals surface area contributed by atoms with E-state index in [1.807, 2.05) is 11.0 Å². The first-order chi connectivity index (χ1) is 12.9. The van der Waals surface area contributed by atoms with Crippen molar-refractivity contribution in [2.75, 3.05) is 28.3 Å². The van der Waals surface area contributed by atoms with Gasteiger partial charge in [-0.25, -0.2) is 8.42 Å². The minimum atomic E-state index is -3.40. The molecule has 0 fully saturated rings. The highest BCUT2D eigenvalue weighted by Gasteiger charge is 2.33. The van der Waals surface area contributed by atoms with Gasteiger partial charge in [0.2, 0.25) is 5.13 Å². The number of benzene rings is 1. The maximum atomic E-state index is 12.5. The molecule has 0 radical (unpaired) electrons. The van der Waals surface area contributed by atoms with Gasteiger partial charge in [0, 0.05) is 22.8 Å². The van der Waals surface area contributed by atoms with Gasteiger partial charge in [-0.05, 0) is 30.0 Å². The number of nitrogens with one attached hydrogen (secondary N) is 1. The summed E-state index contributed by atoms with van der Waals surface area (Å²) < 4.78 is 27.9. The summed E-state index contributed by atoms with van der Waals surface area (Å²) in [5.41, 5.74) is 1.32. The summed E-state index contributed by atoms with van der Waals surface area (Å²) in [5, 5.41) is 11.6. The van der Waals surface area contributed by atoms with Gasteiger partial charge in [0.05, 0.1) is 11.4 Å². The van der Waals surface area contributed by atoms with Crippen LogP contribution in [0.5, 0.6) is 0 Å². The molecular formula is C15H13N5O3S4. The molecule has 0 saturated heterocycles. The zero-order chi connectivity index (χ0) is 19.0. The third-order valence-electron chi connectivity index (χ3n) is 3.69. The molecule has 2 aliphatic rings. The van der Waals surface area contributed by atoms with Crippen LogP contribution in [0.2, 0.25) is 0 Å². The van der Waals surface area contributed by atoms with Crippen molar-refractivity contribution in [2.24, 2.45) is 4.40 Å². The molecule has 1 aromatic heterocycles. The maximum Gasteiger partial charge on any atom is 0.257 e. The van der Waals surface area contributed by atoms with E-state index in [1.54, 1.807) is 18.2 Å². The molecule has 0 aliphatic carbocycles. The highest BCUT2D eigenvalue weighted by atomic mass is 32.2. The molecule has 2 aromatic rings. The Morgan fingerprint density at radius 1 is 1.41 bits per heavy atom. The van der Waals surface area contributed by atoms with Gasteiger partial charge in [0.25, 0.3) is 15.9 Å². The number of fused-ring (bicyclic) bond motifs is 3. The van der Waals surface area contributed by atoms with Crippen LogP contribution < -0.4 is 10.2 Å². The van der Waals surface area contributed by atoms with Gasteiger partial charge in [-0.3, -0.25) is 10.1 Å². The number of carbonyl (C=O) groups is 1. The van der Waals surface area contributed by atoms with E-state index in [0.29, 0.717) is 22.4 Å². The number of rotatable bonds is 5. The lowest BCUT2D eigenvalue weighted by molar-refractivity contribution is 0.102. The molecule has 8 nitrogen and oxygen atoms in total. The lowest BCUT2D eigenvalue weighted by Gasteiger charge is -2.22. The minimum absolute atomic E-state index is 0.0119. The fraction of sp³-hybridized carbons (Fsp3) is 0.200. The molecule has 0 saturated carbocycles. The fourth-order valence-corrected chi connectivity index (χ4v) is 6.29. The van der Waals surface area contributed by atoms with E-state index >= 15 is 0 Å². The monoisotopic (exact) mass is 439 g/mol. The van der Waals surface area contributed by atoms with E-state index in [-0.39, 0.29) is 11.7 Å². The largest absolute Gasteiger partial charge is 0.318 e. The lowest BCUT2D eigenvalue weighted by atomic mass is 10.2. The molecule has 0 unspecified atom stereocenters. The smallest absolute Gasteiger partial charge is 0.257 e. The van der Waals surface area contributed by atoms with E-state index in [1.165, 1.54) is 34.9 Å². The number of nitrogens with zero attached hydrogens (tertiary/aromatic N) is 4. The van der Waals surface area contributed by atoms with E-state index in [2.05, 4.69) is 26.5 Å². The van der Waals surface area contributed by atoms with Crippen molar-refractivity contribution >= 4 is 66.8 Å². The standard InChI is InChI=1S/C15H13N5O3S4/c1-2-6-24-15-18-17-13(26-15)16-12(21)9-3-4-10-11(8-9)25-14-19-27(22,23)7-5-20(10)14/h2-4,8H,1,5-7H2,(H,16,17,21). The summed E-state index contributed by atoms with van der Waals surface area (Å²) in [7, 11) is -3.40. The summed E-state index contributed by atoms with van der Waals surface area (Å²) in [6.45, 7) is 4.02. The van der Waals surface area contributed by atoms with Gasteiger partial charge < -0.3 is 4.90 Å². The Hall–Kier alpha value is -1.89. The molecule has 1 N–H and O–H groups in total. The molecule has 0 bridgehead atoms. The zero-order valence-electron chi connectivity index (χ0n) is 13.8. The van der Waals surface area contributed by atoms with Crippen LogP contribution in [0, 0.1) is 0 Å². The van der Waals surface area contributed by atoms with Gasteiger partial charge in [-0.1, -0.05) is 29.2 Å². The topological polar surface area (TPSA) is 105 Å². The van der Waals surface area contributed by atoms with E-state index in [9.17, 15) is 13.2 Å². The number of aromatic nitrogens is 2. The highest BCUT2D eigenvalue weighted by Crippen LogP contribution is 2.42. The predicted octanol–water partition coefficient (Wildman–Crippen LogP) is 2.68. The van der Waals surface area contributed by atoms with Crippen molar-refractivity contribution in [3.05, 3.63) is 36.4 Å². The summed E-state index contributed by atoms with van der Waals surface area (Å²) in [4.78, 5) is 15.2. The van der Waals surface area contributed by atoms with Crippen LogP contribution in [0.3, 0.4) is 0 Å². The van der Waals surface area contributed by atoms with Gasteiger partial charge in [0.15, 0.2) is 9.51 Å². The first-order valence-corrected chi connectivity index (χ1v) is 12.0. The number of hydrogen-bond acceptors (Lipinski definition) is 9. The third-order valence-corrected chi connectivity index (χ3v) is 7.96. The lowest BCUT2D eigenvalue weighted by Crippen LogP contribution is -2.35. The number of carbonyl (C=O) groups excluding carboxylic acids is 1. The molecule has 27 heavy (non-hydrogen) atoms. The molecule has 3 heterocycles. The van der Waals surface area contributed by atoms with E-state index in [0.717, 1.165) is 20.7 Å². The van der Waals surface area contributed by atoms with Crippen molar-refractivity contribution < 1.29 is 13.2 Å². The average molecular weight is 440 g/mol. The van der Waals surface area contributed by atoms with Crippen LogP contribution in [-0.4, -0.2) is 47.7 Å². The SMILES string of the molecule is C=CCSc1nnc(NC(=O)c2ccc3c(c2)SC2=NS(=O)(=O)CCN23)s1. The Morgan fingerprint density at radius 3 is 3.07 bits per heavy atom. The van der Waals surface area contributed by atoms with Gasteiger partial charge >= 0.3 is 0 Å². The highest BCUT2D eigenvalue weighted by molar-refractivity contribution is 8.15. The van der Waals surface area contributed by atoms with Gasteiger partial charge in [-0.2, -0.15) is 0 Å². The normalized spacial score (nSPS) is 17.0. The van der Waals surface area contributed by atoms with Crippen molar-refractivity contribution in [3.8, 4) is 0 Å². The summed E-state index contributed by atoms with van der Waals surface area (Å²) in [6.07, 6.45) is 1.77. The first kappa shape index (κ1) is 18.5. The van der Waals surface area contributed by atoms with Gasteiger partial charge in [-0.15, -0.1) is 21.2 Å². The molecule has 0 spiro atoms. The number of thioether (sulfide) groups is 2. The van der Waals surface area contributed by atoms with Crippen LogP contribution in [0.4, 0.5) is 10.8 Å². The maximum absolute atomic E-state index is 12.5. The van der Waals surface area contributed by atoms with E-state index < -0.39 is 10.0 Å². The van der Waals surface area contributed by atoms with Crippen LogP contribution >= 0.6 is 34.9 Å². The van der Waals surface area contributed by atoms with Crippen molar-refractivity contribution in [3.63, 3.8) is 0 Å². The Bertz CT molecular complexity index is 1060. The van der Waals surface area contributed by atoms with Crippen LogP contribution in [0.1, 0.15) is 10.4 Å². The second-order valence-corrected chi connectivity index (χ2v) is 10.5. The average Bonchev–Trinajstić information content (AvgIpc) is 3.21. The molecule has 12 heteroatoms. The summed E-state index contributed by atoms with van der Waals surface area (Å²) in [6, 6.07) is 5.25. The molecule has 140 valence electrons. The van der Waals surface area contributed by atoms with Gasteiger partial charge in [0.1, 0.15) is 0 Å². The Kier molecular flexibility index (Phi) is 4.97. The molecule has 2 aliphatic heterocycles. The number of anilines is 2. The minimum Gasteiger partial charge on any atom is -0.318 e. The molecular weight excluding hydrogens is 426 g/mol. The molecule has 0 atom stereocenters. The quantitative estimate of drug-likeness (QED) is 0.431. The molecule has 1 aromatic carbocycles. The number of hydrogen-bond donors (Lipinski definition) is 1. The Labute approximate surface area is 168 Å². The van der Waals surface area contributed by atoms with Crippen molar-refractivity contribution in [1.82, 2.24) is 10.2 Å². The van der Waals surface area contributed by atoms with Crippen LogP contribution in [-0.2, 0) is 10.0 Å². The number of amidine groups is 1. The van der Waals surface area contributed by atoms with Crippen LogP contribution in [0.25, 0.3) is 0 Å². The predicted molar refractivity (Wildman–Crippen MR) is 110 cm³/mol. The second kappa shape index (κ2) is 7.26. The van der Waals surface area contributed by atoms with Crippen LogP contribution in [0.15, 0.2) is 44.5 Å². The van der Waals surface area contributed by atoms with Crippen molar-refractivity contribution in [2.45, 2.75) is 9.24 Å². The summed E-state index contributed by atoms with van der Waals surface area (Å²) in [5.74, 6) is 0.414. The number of sulfonamides is 1. The molecule has 1 amide bonds. The summed E-state index contributed by atoms with van der Waals surface area (Å²) >= 11 is 4.05.